The van der Waals surface area contributed by atoms with Crippen LogP contribution in [0.25, 0.3) is 16.7 Å². The molecule has 0 fully saturated rings. The Kier molecular flexibility index (Phi) is 5.57. The van der Waals surface area contributed by atoms with Crippen molar-refractivity contribution >= 4 is 22.7 Å². The lowest BCUT2D eigenvalue weighted by Gasteiger charge is -2.14. The molecule has 0 aliphatic rings. The van der Waals surface area contributed by atoms with Gasteiger partial charge in [-0.05, 0) is 42.8 Å². The molecule has 0 saturated carbocycles. The first kappa shape index (κ1) is 19.1. The summed E-state index contributed by atoms with van der Waals surface area (Å²) in [7, 11) is 0. The van der Waals surface area contributed by atoms with Gasteiger partial charge in [-0.1, -0.05) is 42.1 Å². The molecule has 4 aromatic rings. The molecule has 0 atom stereocenters. The number of benzene rings is 2. The van der Waals surface area contributed by atoms with Crippen LogP contribution in [0.15, 0.2) is 76.8 Å². The Morgan fingerprint density at radius 3 is 2.69 bits per heavy atom. The summed E-state index contributed by atoms with van der Waals surface area (Å²) >= 11 is 1.37. The van der Waals surface area contributed by atoms with Crippen LogP contribution in [0.2, 0.25) is 0 Å². The first-order valence-corrected chi connectivity index (χ1v) is 10.1. The number of ether oxygens (including phenoxy) is 1. The van der Waals surface area contributed by atoms with E-state index < -0.39 is 5.82 Å². The Labute approximate surface area is 171 Å². The number of aromatic nitrogens is 3. The van der Waals surface area contributed by atoms with Crippen molar-refractivity contribution in [2.45, 2.75) is 12.1 Å². The van der Waals surface area contributed by atoms with Gasteiger partial charge in [0, 0.05) is 11.9 Å². The number of nitrogens with zero attached hydrogens (tertiary/aromatic N) is 3. The number of hydrogen-bond acceptors (Lipinski definition) is 5. The van der Waals surface area contributed by atoms with E-state index in [2.05, 4.69) is 9.97 Å². The van der Waals surface area contributed by atoms with Crippen molar-refractivity contribution in [3.63, 3.8) is 0 Å². The third-order valence-electron chi connectivity index (χ3n) is 4.35. The van der Waals surface area contributed by atoms with Crippen LogP contribution >= 0.6 is 11.8 Å². The number of para-hydroxylation sites is 2. The quantitative estimate of drug-likeness (QED) is 0.269. The van der Waals surface area contributed by atoms with Gasteiger partial charge < -0.3 is 4.74 Å². The van der Waals surface area contributed by atoms with Crippen LogP contribution in [0.4, 0.5) is 4.39 Å². The lowest BCUT2D eigenvalue weighted by Crippen LogP contribution is -2.23. The van der Waals surface area contributed by atoms with E-state index in [0.717, 1.165) is 5.56 Å². The Morgan fingerprint density at radius 1 is 1.07 bits per heavy atom. The molecule has 0 aliphatic heterocycles. The van der Waals surface area contributed by atoms with Gasteiger partial charge in [0.2, 0.25) is 0 Å². The largest absolute Gasteiger partial charge is 0.490 e. The highest BCUT2D eigenvalue weighted by Gasteiger charge is 2.15. The van der Waals surface area contributed by atoms with Gasteiger partial charge in [-0.15, -0.1) is 0 Å². The average molecular weight is 407 g/mol. The molecule has 146 valence electrons. The van der Waals surface area contributed by atoms with Gasteiger partial charge in [-0.2, -0.15) is 0 Å². The second kappa shape index (κ2) is 8.45. The number of fused-ring (bicyclic) bond motifs is 1. The summed E-state index contributed by atoms with van der Waals surface area (Å²) in [4.78, 5) is 22.3. The molecule has 0 spiro atoms. The highest BCUT2D eigenvalue weighted by atomic mass is 32.2. The lowest BCUT2D eigenvalue weighted by molar-refractivity contribution is 0.325. The maximum absolute atomic E-state index is 13.7. The third-order valence-corrected chi connectivity index (χ3v) is 5.25. The van der Waals surface area contributed by atoms with Crippen LogP contribution in [0, 0.1) is 12.7 Å². The van der Waals surface area contributed by atoms with E-state index in [4.69, 9.17) is 4.74 Å². The minimum absolute atomic E-state index is 0.171. The van der Waals surface area contributed by atoms with Crippen LogP contribution in [-0.4, -0.2) is 26.9 Å². The van der Waals surface area contributed by atoms with E-state index in [0.29, 0.717) is 27.6 Å². The molecule has 0 radical (unpaired) electrons. The van der Waals surface area contributed by atoms with Crippen molar-refractivity contribution in [2.24, 2.45) is 0 Å². The fraction of sp³-hybridized carbons (Fsp3) is 0.136. The molecule has 0 aliphatic carbocycles. The SMILES string of the molecule is Cc1cccnc1-n1c(SCCOc2ccccc2F)nc2ccccc2c1=O. The second-order valence-corrected chi connectivity index (χ2v) is 7.39. The molecule has 4 rings (SSSR count). The topological polar surface area (TPSA) is 57.0 Å². The zero-order valence-corrected chi connectivity index (χ0v) is 16.5. The van der Waals surface area contributed by atoms with Gasteiger partial charge in [-0.3, -0.25) is 4.79 Å². The third kappa shape index (κ3) is 4.00. The normalized spacial score (nSPS) is 11.0. The number of pyridine rings is 1. The van der Waals surface area contributed by atoms with Crippen LogP contribution in [0.3, 0.4) is 0 Å². The number of aryl methyl sites for hydroxylation is 1. The van der Waals surface area contributed by atoms with Gasteiger partial charge in [-0.25, -0.2) is 18.9 Å². The summed E-state index contributed by atoms with van der Waals surface area (Å²) in [6.45, 7) is 2.18. The molecular weight excluding hydrogens is 389 g/mol. The van der Waals surface area contributed by atoms with E-state index in [9.17, 15) is 9.18 Å². The summed E-state index contributed by atoms with van der Waals surface area (Å²) in [5, 5.41) is 1.05. The number of thioether (sulfide) groups is 1. The average Bonchev–Trinajstić information content (AvgIpc) is 2.73. The van der Waals surface area contributed by atoms with E-state index in [1.165, 1.54) is 22.4 Å². The zero-order valence-electron chi connectivity index (χ0n) is 15.7. The predicted octanol–water partition coefficient (Wildman–Crippen LogP) is 4.40. The van der Waals surface area contributed by atoms with Crippen LogP contribution < -0.4 is 10.3 Å². The minimum Gasteiger partial charge on any atom is -0.490 e. The smallest absolute Gasteiger partial charge is 0.267 e. The molecule has 0 saturated heterocycles. The van der Waals surface area contributed by atoms with Crippen molar-refractivity contribution in [1.82, 2.24) is 14.5 Å². The maximum atomic E-state index is 13.7. The highest BCUT2D eigenvalue weighted by molar-refractivity contribution is 7.99. The first-order chi connectivity index (χ1) is 14.1. The Hall–Kier alpha value is -3.19. The number of halogens is 1. The van der Waals surface area contributed by atoms with Gasteiger partial charge in [0.25, 0.3) is 5.56 Å². The Morgan fingerprint density at radius 2 is 1.86 bits per heavy atom. The molecule has 2 aromatic carbocycles. The van der Waals surface area contributed by atoms with Crippen LogP contribution in [0.5, 0.6) is 5.75 Å². The van der Waals surface area contributed by atoms with Crippen molar-refractivity contribution in [2.75, 3.05) is 12.4 Å². The molecule has 0 bridgehead atoms. The van der Waals surface area contributed by atoms with Crippen LogP contribution in [-0.2, 0) is 0 Å². The van der Waals surface area contributed by atoms with Gasteiger partial charge in [0.05, 0.1) is 17.5 Å². The second-order valence-electron chi connectivity index (χ2n) is 6.32. The summed E-state index contributed by atoms with van der Waals surface area (Å²) in [6, 6.07) is 17.2. The van der Waals surface area contributed by atoms with E-state index >= 15 is 0 Å². The fourth-order valence-electron chi connectivity index (χ4n) is 2.95. The van der Waals surface area contributed by atoms with Crippen molar-refractivity contribution in [3.05, 3.63) is 88.6 Å². The van der Waals surface area contributed by atoms with Gasteiger partial charge in [0.15, 0.2) is 16.7 Å². The Bertz CT molecular complexity index is 1230. The minimum atomic E-state index is -0.401. The molecule has 29 heavy (non-hydrogen) atoms. The van der Waals surface area contributed by atoms with Crippen molar-refractivity contribution < 1.29 is 9.13 Å². The van der Waals surface area contributed by atoms with E-state index in [1.807, 2.05) is 37.3 Å². The molecule has 7 heteroatoms. The van der Waals surface area contributed by atoms with Gasteiger partial charge in [0.1, 0.15) is 5.82 Å². The molecule has 2 heterocycles. The fourth-order valence-corrected chi connectivity index (χ4v) is 3.76. The monoisotopic (exact) mass is 407 g/mol. The molecule has 5 nitrogen and oxygen atoms in total. The van der Waals surface area contributed by atoms with Crippen molar-refractivity contribution in [1.29, 1.82) is 0 Å². The first-order valence-electron chi connectivity index (χ1n) is 9.09. The predicted molar refractivity (Wildman–Crippen MR) is 112 cm³/mol. The number of hydrogen-bond donors (Lipinski definition) is 0. The van der Waals surface area contributed by atoms with E-state index in [1.54, 1.807) is 30.5 Å². The summed E-state index contributed by atoms with van der Waals surface area (Å²) in [6.07, 6.45) is 1.65. The number of rotatable bonds is 6. The van der Waals surface area contributed by atoms with Crippen molar-refractivity contribution in [3.8, 4) is 11.6 Å². The highest BCUT2D eigenvalue weighted by Crippen LogP contribution is 2.22. The molecule has 0 amide bonds. The molecule has 0 unspecified atom stereocenters. The van der Waals surface area contributed by atoms with Crippen LogP contribution in [0.1, 0.15) is 5.56 Å². The summed E-state index contributed by atoms with van der Waals surface area (Å²) < 4.78 is 20.8. The molecule has 0 N–H and O–H groups in total. The molecule has 2 aromatic heterocycles. The summed E-state index contributed by atoms with van der Waals surface area (Å²) in [5.74, 6) is 0.846. The standard InChI is InChI=1S/C22H18FN3O2S/c1-15-7-6-12-24-20(15)26-21(27)16-8-2-4-10-18(16)25-22(26)29-14-13-28-19-11-5-3-9-17(19)23/h2-12H,13-14H2,1H3. The summed E-state index contributed by atoms with van der Waals surface area (Å²) in [5.41, 5.74) is 1.32. The molecular formula is C22H18FN3O2S. The van der Waals surface area contributed by atoms with E-state index in [-0.39, 0.29) is 17.9 Å². The van der Waals surface area contributed by atoms with Gasteiger partial charge >= 0.3 is 0 Å². The lowest BCUT2D eigenvalue weighted by atomic mass is 10.2. The Balaban J connectivity index is 1.66. The zero-order chi connectivity index (χ0) is 20.2. The maximum Gasteiger partial charge on any atom is 0.267 e.